The lowest BCUT2D eigenvalue weighted by Crippen LogP contribution is -1.99. The number of hydrogen-bond acceptors (Lipinski definition) is 2. The van der Waals surface area contributed by atoms with Crippen LogP contribution in [0.1, 0.15) is 24.0 Å². The summed E-state index contributed by atoms with van der Waals surface area (Å²) in [6.45, 7) is 0.453. The topological polar surface area (TPSA) is 40.5 Å². The van der Waals surface area contributed by atoms with Gasteiger partial charge in [-0.25, -0.2) is 0 Å². The van der Waals surface area contributed by atoms with Crippen molar-refractivity contribution in [1.29, 1.82) is 0 Å². The Hall–Kier alpha value is -1.38. The molecule has 0 heterocycles. The molecule has 2 aromatic carbocycles. The predicted octanol–water partition coefficient (Wildman–Crippen LogP) is 2.69. The Morgan fingerprint density at radius 1 is 0.778 bits per heavy atom. The van der Waals surface area contributed by atoms with Gasteiger partial charge in [-0.3, -0.25) is 0 Å². The predicted molar refractivity (Wildman–Crippen MR) is 74.8 cm³/mol. The van der Waals surface area contributed by atoms with Crippen LogP contribution in [0.15, 0.2) is 36.4 Å². The van der Waals surface area contributed by atoms with Crippen molar-refractivity contribution in [3.05, 3.63) is 47.5 Å². The highest BCUT2D eigenvalue weighted by atomic mass is 16.3. The van der Waals surface area contributed by atoms with Gasteiger partial charge >= 0.3 is 0 Å². The van der Waals surface area contributed by atoms with E-state index in [0.717, 1.165) is 25.7 Å². The van der Waals surface area contributed by atoms with Crippen LogP contribution in [-0.2, 0) is 12.8 Å². The standard InChI is InChI=1S/C16H20O2/c17-11-3-6-14-10-9-13-5-1-2-7-15(13)16(14)8-4-12-18/h1-2,5,7,9-10,17-18H,3-4,6,8,11-12H2. The zero-order valence-corrected chi connectivity index (χ0v) is 10.6. The van der Waals surface area contributed by atoms with Gasteiger partial charge in [0.2, 0.25) is 0 Å². The molecule has 0 atom stereocenters. The lowest BCUT2D eigenvalue weighted by atomic mass is 9.93. The molecule has 96 valence electrons. The van der Waals surface area contributed by atoms with E-state index < -0.39 is 0 Å². The molecule has 0 saturated carbocycles. The summed E-state index contributed by atoms with van der Waals surface area (Å²) in [5, 5.41) is 20.5. The number of rotatable bonds is 6. The fourth-order valence-corrected chi connectivity index (χ4v) is 2.44. The zero-order valence-electron chi connectivity index (χ0n) is 10.6. The molecule has 2 rings (SSSR count). The van der Waals surface area contributed by atoms with E-state index in [1.54, 1.807) is 0 Å². The summed E-state index contributed by atoms with van der Waals surface area (Å²) in [4.78, 5) is 0. The molecule has 0 aliphatic heterocycles. The van der Waals surface area contributed by atoms with Gasteiger partial charge in [-0.1, -0.05) is 36.4 Å². The summed E-state index contributed by atoms with van der Waals surface area (Å²) >= 11 is 0. The monoisotopic (exact) mass is 244 g/mol. The molecule has 2 N–H and O–H groups in total. The molecule has 0 saturated heterocycles. The SMILES string of the molecule is OCCCc1ccc2ccccc2c1CCCO. The van der Waals surface area contributed by atoms with Crippen LogP contribution in [-0.4, -0.2) is 23.4 Å². The van der Waals surface area contributed by atoms with Crippen LogP contribution in [0.25, 0.3) is 10.8 Å². The van der Waals surface area contributed by atoms with Crippen molar-refractivity contribution in [1.82, 2.24) is 0 Å². The zero-order chi connectivity index (χ0) is 12.8. The lowest BCUT2D eigenvalue weighted by Gasteiger charge is -2.12. The van der Waals surface area contributed by atoms with Crippen LogP contribution < -0.4 is 0 Å². The van der Waals surface area contributed by atoms with Crippen molar-refractivity contribution in [2.45, 2.75) is 25.7 Å². The molecule has 0 spiro atoms. The molecule has 18 heavy (non-hydrogen) atoms. The van der Waals surface area contributed by atoms with Crippen LogP contribution >= 0.6 is 0 Å². The Morgan fingerprint density at radius 3 is 2.28 bits per heavy atom. The van der Waals surface area contributed by atoms with Crippen molar-refractivity contribution in [2.24, 2.45) is 0 Å². The van der Waals surface area contributed by atoms with E-state index in [2.05, 4.69) is 30.3 Å². The van der Waals surface area contributed by atoms with Crippen LogP contribution in [0.2, 0.25) is 0 Å². The van der Waals surface area contributed by atoms with Crippen LogP contribution in [0.3, 0.4) is 0 Å². The third-order valence-electron chi connectivity index (χ3n) is 3.33. The lowest BCUT2D eigenvalue weighted by molar-refractivity contribution is 0.286. The number of aliphatic hydroxyl groups is 2. The van der Waals surface area contributed by atoms with E-state index in [1.165, 1.54) is 21.9 Å². The summed E-state index contributed by atoms with van der Waals surface area (Å²) in [5.41, 5.74) is 2.63. The maximum absolute atomic E-state index is 9.03. The maximum Gasteiger partial charge on any atom is 0.0434 e. The first kappa shape index (κ1) is 13.1. The summed E-state index contributed by atoms with van der Waals surface area (Å²) in [6.07, 6.45) is 3.39. The normalized spacial score (nSPS) is 11.0. The second kappa shape index (κ2) is 6.53. The Labute approximate surface area is 108 Å². The van der Waals surface area contributed by atoms with E-state index in [9.17, 15) is 0 Å². The Kier molecular flexibility index (Phi) is 4.73. The highest BCUT2D eigenvalue weighted by molar-refractivity contribution is 5.86. The maximum atomic E-state index is 9.03. The van der Waals surface area contributed by atoms with Gasteiger partial charge in [0.1, 0.15) is 0 Å². The number of aryl methyl sites for hydroxylation is 2. The van der Waals surface area contributed by atoms with Crippen molar-refractivity contribution in [3.63, 3.8) is 0 Å². The number of fused-ring (bicyclic) bond motifs is 1. The highest BCUT2D eigenvalue weighted by Gasteiger charge is 2.07. The Balaban J connectivity index is 2.41. The van der Waals surface area contributed by atoms with Crippen LogP contribution in [0.4, 0.5) is 0 Å². The average molecular weight is 244 g/mol. The van der Waals surface area contributed by atoms with Crippen molar-refractivity contribution >= 4 is 10.8 Å². The first-order valence-electron chi connectivity index (χ1n) is 6.58. The van der Waals surface area contributed by atoms with Gasteiger partial charge in [0.05, 0.1) is 0 Å². The first-order valence-corrected chi connectivity index (χ1v) is 6.58. The first-order chi connectivity index (χ1) is 8.86. The molecular formula is C16H20O2. The van der Waals surface area contributed by atoms with E-state index in [4.69, 9.17) is 10.2 Å². The second-order valence-electron chi connectivity index (χ2n) is 4.58. The fourth-order valence-electron chi connectivity index (χ4n) is 2.44. The Bertz CT molecular complexity index is 505. The molecule has 0 radical (unpaired) electrons. The van der Waals surface area contributed by atoms with E-state index >= 15 is 0 Å². The van der Waals surface area contributed by atoms with Crippen molar-refractivity contribution in [3.8, 4) is 0 Å². The van der Waals surface area contributed by atoms with E-state index in [0.29, 0.717) is 0 Å². The smallest absolute Gasteiger partial charge is 0.0434 e. The molecule has 2 aromatic rings. The molecule has 0 fully saturated rings. The van der Waals surface area contributed by atoms with Crippen molar-refractivity contribution in [2.75, 3.05) is 13.2 Å². The second-order valence-corrected chi connectivity index (χ2v) is 4.58. The number of aliphatic hydroxyl groups excluding tert-OH is 2. The van der Waals surface area contributed by atoms with Gasteiger partial charge in [0, 0.05) is 13.2 Å². The highest BCUT2D eigenvalue weighted by Crippen LogP contribution is 2.24. The molecule has 0 aliphatic rings. The quantitative estimate of drug-likeness (QED) is 0.820. The van der Waals surface area contributed by atoms with Gasteiger partial charge in [-0.15, -0.1) is 0 Å². The average Bonchev–Trinajstić information content (AvgIpc) is 2.43. The molecule has 0 bridgehead atoms. The number of benzene rings is 2. The summed E-state index contributed by atoms with van der Waals surface area (Å²) in [7, 11) is 0. The Morgan fingerprint density at radius 2 is 1.50 bits per heavy atom. The summed E-state index contributed by atoms with van der Waals surface area (Å²) in [6, 6.07) is 12.7. The third kappa shape index (κ3) is 2.89. The van der Waals surface area contributed by atoms with Crippen molar-refractivity contribution < 1.29 is 10.2 Å². The molecule has 2 nitrogen and oxygen atoms in total. The molecule has 0 amide bonds. The minimum Gasteiger partial charge on any atom is -0.396 e. The van der Waals surface area contributed by atoms with Gasteiger partial charge in [-0.2, -0.15) is 0 Å². The largest absolute Gasteiger partial charge is 0.396 e. The minimum atomic E-state index is 0.225. The molecule has 2 heteroatoms. The van der Waals surface area contributed by atoms with Gasteiger partial charge in [0.15, 0.2) is 0 Å². The van der Waals surface area contributed by atoms with Crippen LogP contribution in [0, 0.1) is 0 Å². The number of hydrogen-bond donors (Lipinski definition) is 2. The van der Waals surface area contributed by atoms with Gasteiger partial charge in [0.25, 0.3) is 0 Å². The summed E-state index contributed by atoms with van der Waals surface area (Å²) in [5.74, 6) is 0. The molecular weight excluding hydrogens is 224 g/mol. The van der Waals surface area contributed by atoms with E-state index in [-0.39, 0.29) is 13.2 Å². The minimum absolute atomic E-state index is 0.225. The molecule has 0 aromatic heterocycles. The van der Waals surface area contributed by atoms with Gasteiger partial charge in [-0.05, 0) is 47.6 Å². The summed E-state index contributed by atoms with van der Waals surface area (Å²) < 4.78 is 0. The molecule has 0 aliphatic carbocycles. The third-order valence-corrected chi connectivity index (χ3v) is 3.33. The van der Waals surface area contributed by atoms with Crippen LogP contribution in [0.5, 0.6) is 0 Å². The van der Waals surface area contributed by atoms with E-state index in [1.807, 2.05) is 6.07 Å². The van der Waals surface area contributed by atoms with Gasteiger partial charge < -0.3 is 10.2 Å². The molecule has 0 unspecified atom stereocenters. The fraction of sp³-hybridized carbons (Fsp3) is 0.375.